The zero-order valence-electron chi connectivity index (χ0n) is 14.0. The van der Waals surface area contributed by atoms with Gasteiger partial charge in [0.05, 0.1) is 24.3 Å². The molecular weight excluding hydrogens is 302 g/mol. The van der Waals surface area contributed by atoms with Gasteiger partial charge in [0.25, 0.3) is 0 Å². The molecular formula is C18H23N5O. The minimum atomic E-state index is -0.189. The molecule has 1 unspecified atom stereocenters. The van der Waals surface area contributed by atoms with Gasteiger partial charge in [-0.1, -0.05) is 12.5 Å². The van der Waals surface area contributed by atoms with Gasteiger partial charge in [-0.05, 0) is 25.0 Å². The van der Waals surface area contributed by atoms with Gasteiger partial charge in [-0.25, -0.2) is 4.98 Å². The Kier molecular flexibility index (Phi) is 4.06. The highest BCUT2D eigenvalue weighted by molar-refractivity contribution is 5.80. The van der Waals surface area contributed by atoms with Crippen molar-refractivity contribution in [1.29, 1.82) is 0 Å². The molecule has 1 amide bonds. The lowest BCUT2D eigenvalue weighted by atomic mass is 9.90. The van der Waals surface area contributed by atoms with Crippen LogP contribution in [0.4, 0.5) is 0 Å². The van der Waals surface area contributed by atoms with Crippen LogP contribution in [-0.4, -0.2) is 49.9 Å². The predicted octanol–water partition coefficient (Wildman–Crippen LogP) is 1.85. The zero-order chi connectivity index (χ0) is 16.5. The van der Waals surface area contributed by atoms with Gasteiger partial charge < -0.3 is 9.47 Å². The summed E-state index contributed by atoms with van der Waals surface area (Å²) < 4.78 is 2.05. The Labute approximate surface area is 142 Å². The molecule has 0 spiro atoms. The molecule has 1 aliphatic heterocycles. The molecule has 4 rings (SSSR count). The van der Waals surface area contributed by atoms with Gasteiger partial charge in [0.15, 0.2) is 0 Å². The Hall–Kier alpha value is -2.21. The number of carbonyl (C=O) groups is 1. The molecule has 1 fully saturated rings. The number of carbonyl (C=O) groups excluding carboxylic acids is 1. The van der Waals surface area contributed by atoms with Crippen LogP contribution in [0.25, 0.3) is 0 Å². The van der Waals surface area contributed by atoms with E-state index in [1.54, 1.807) is 17.4 Å². The molecule has 0 N–H and O–H groups in total. The fourth-order valence-electron chi connectivity index (χ4n) is 3.61. The van der Waals surface area contributed by atoms with E-state index in [1.807, 2.05) is 36.0 Å². The molecule has 3 heterocycles. The molecule has 2 aliphatic rings. The van der Waals surface area contributed by atoms with Gasteiger partial charge in [-0.2, -0.15) is 0 Å². The Morgan fingerprint density at radius 2 is 2.25 bits per heavy atom. The van der Waals surface area contributed by atoms with Crippen LogP contribution in [0, 0.1) is 0 Å². The van der Waals surface area contributed by atoms with Crippen LogP contribution in [0.1, 0.15) is 36.7 Å². The van der Waals surface area contributed by atoms with E-state index in [4.69, 9.17) is 0 Å². The van der Waals surface area contributed by atoms with Crippen molar-refractivity contribution >= 4 is 5.91 Å². The molecule has 0 saturated heterocycles. The number of pyridine rings is 1. The third-order valence-electron chi connectivity index (χ3n) is 5.23. The third kappa shape index (κ3) is 2.82. The van der Waals surface area contributed by atoms with E-state index in [0.29, 0.717) is 12.6 Å². The van der Waals surface area contributed by atoms with E-state index in [1.165, 1.54) is 19.3 Å². The Morgan fingerprint density at radius 1 is 1.38 bits per heavy atom. The van der Waals surface area contributed by atoms with Gasteiger partial charge in [0, 0.05) is 38.6 Å². The summed E-state index contributed by atoms with van der Waals surface area (Å²) in [6, 6.07) is 6.23. The highest BCUT2D eigenvalue weighted by atomic mass is 16.2. The van der Waals surface area contributed by atoms with Crippen LogP contribution in [0.2, 0.25) is 0 Å². The standard InChI is InChI=1S/C18H23N5O/c1-21(10-14-5-2-3-8-20-14)18(24)17-12-22(15-6-4-7-15)11-16-9-19-13-23(16)17/h2-3,5,8-9,13,15,17H,4,6-7,10-12H2,1H3. The molecule has 6 nitrogen and oxygen atoms in total. The molecule has 2 aromatic rings. The minimum Gasteiger partial charge on any atom is -0.338 e. The lowest BCUT2D eigenvalue weighted by Crippen LogP contribution is -2.50. The minimum absolute atomic E-state index is 0.129. The van der Waals surface area contributed by atoms with E-state index in [9.17, 15) is 4.79 Å². The zero-order valence-corrected chi connectivity index (χ0v) is 14.0. The summed E-state index contributed by atoms with van der Waals surface area (Å²) in [4.78, 5) is 25.9. The summed E-state index contributed by atoms with van der Waals surface area (Å²) in [5.41, 5.74) is 2.04. The van der Waals surface area contributed by atoms with Crippen molar-refractivity contribution in [2.45, 2.75) is 44.4 Å². The van der Waals surface area contributed by atoms with E-state index < -0.39 is 0 Å². The third-order valence-corrected chi connectivity index (χ3v) is 5.23. The second kappa shape index (κ2) is 6.36. The normalized spacial score (nSPS) is 21.1. The number of amides is 1. The summed E-state index contributed by atoms with van der Waals surface area (Å²) >= 11 is 0. The van der Waals surface area contributed by atoms with Crippen molar-refractivity contribution in [3.8, 4) is 0 Å². The molecule has 0 radical (unpaired) electrons. The van der Waals surface area contributed by atoms with Gasteiger partial charge in [0.1, 0.15) is 6.04 Å². The number of hydrogen-bond donors (Lipinski definition) is 0. The van der Waals surface area contributed by atoms with E-state index >= 15 is 0 Å². The van der Waals surface area contributed by atoms with Gasteiger partial charge in [-0.15, -0.1) is 0 Å². The second-order valence-electron chi connectivity index (χ2n) is 6.84. The predicted molar refractivity (Wildman–Crippen MR) is 90.0 cm³/mol. The number of likely N-dealkylation sites (N-methyl/N-ethyl adjacent to an activating group) is 1. The molecule has 24 heavy (non-hydrogen) atoms. The number of imidazole rings is 1. The van der Waals surface area contributed by atoms with Crippen LogP contribution in [0.15, 0.2) is 36.9 Å². The number of aromatic nitrogens is 3. The van der Waals surface area contributed by atoms with Crippen LogP contribution >= 0.6 is 0 Å². The maximum Gasteiger partial charge on any atom is 0.247 e. The summed E-state index contributed by atoms with van der Waals surface area (Å²) in [5.74, 6) is 0.129. The molecule has 126 valence electrons. The topological polar surface area (TPSA) is 54.3 Å². The van der Waals surface area contributed by atoms with Crippen molar-refractivity contribution in [3.63, 3.8) is 0 Å². The summed E-state index contributed by atoms with van der Waals surface area (Å²) in [6.45, 7) is 2.21. The van der Waals surface area contributed by atoms with E-state index in [0.717, 1.165) is 24.5 Å². The average molecular weight is 325 g/mol. The smallest absolute Gasteiger partial charge is 0.247 e. The van der Waals surface area contributed by atoms with Crippen molar-refractivity contribution in [2.24, 2.45) is 0 Å². The number of hydrogen-bond acceptors (Lipinski definition) is 4. The van der Waals surface area contributed by atoms with Gasteiger partial charge in [-0.3, -0.25) is 14.7 Å². The number of rotatable bonds is 4. The van der Waals surface area contributed by atoms with Crippen LogP contribution in [-0.2, 0) is 17.9 Å². The summed E-state index contributed by atoms with van der Waals surface area (Å²) in [7, 11) is 1.86. The van der Waals surface area contributed by atoms with E-state index in [-0.39, 0.29) is 11.9 Å². The SMILES string of the molecule is CN(Cc1ccccn1)C(=O)C1CN(C2CCC2)Cc2cncn21. The quantitative estimate of drug-likeness (QED) is 0.861. The molecule has 1 atom stereocenters. The molecule has 6 heteroatoms. The van der Waals surface area contributed by atoms with Crippen molar-refractivity contribution in [3.05, 3.63) is 48.3 Å². The molecule has 0 aromatic carbocycles. The summed E-state index contributed by atoms with van der Waals surface area (Å²) in [6.07, 6.45) is 9.26. The Bertz CT molecular complexity index is 709. The Balaban J connectivity index is 1.52. The largest absolute Gasteiger partial charge is 0.338 e. The van der Waals surface area contributed by atoms with Crippen molar-refractivity contribution < 1.29 is 4.79 Å². The first-order valence-electron chi connectivity index (χ1n) is 8.62. The first-order valence-corrected chi connectivity index (χ1v) is 8.62. The average Bonchev–Trinajstić information content (AvgIpc) is 3.01. The van der Waals surface area contributed by atoms with E-state index in [2.05, 4.69) is 14.9 Å². The fourth-order valence-corrected chi connectivity index (χ4v) is 3.61. The summed E-state index contributed by atoms with van der Waals surface area (Å²) in [5, 5.41) is 0. The van der Waals surface area contributed by atoms with Crippen LogP contribution in [0.3, 0.4) is 0 Å². The van der Waals surface area contributed by atoms with Crippen LogP contribution < -0.4 is 0 Å². The first kappa shape index (κ1) is 15.3. The van der Waals surface area contributed by atoms with Crippen molar-refractivity contribution in [2.75, 3.05) is 13.6 Å². The highest BCUT2D eigenvalue weighted by Crippen LogP contribution is 2.31. The number of fused-ring (bicyclic) bond motifs is 1. The van der Waals surface area contributed by atoms with Crippen LogP contribution in [0.5, 0.6) is 0 Å². The lowest BCUT2D eigenvalue weighted by molar-refractivity contribution is -0.136. The number of nitrogens with zero attached hydrogens (tertiary/aromatic N) is 5. The maximum absolute atomic E-state index is 13.1. The monoisotopic (exact) mass is 325 g/mol. The lowest BCUT2D eigenvalue weighted by Gasteiger charge is -2.43. The highest BCUT2D eigenvalue weighted by Gasteiger charge is 2.36. The molecule has 1 saturated carbocycles. The molecule has 1 aliphatic carbocycles. The van der Waals surface area contributed by atoms with Crippen molar-refractivity contribution in [1.82, 2.24) is 24.3 Å². The first-order chi connectivity index (χ1) is 11.7. The van der Waals surface area contributed by atoms with Gasteiger partial charge >= 0.3 is 0 Å². The second-order valence-corrected chi connectivity index (χ2v) is 6.84. The fraction of sp³-hybridized carbons (Fsp3) is 0.500. The Morgan fingerprint density at radius 3 is 2.96 bits per heavy atom. The van der Waals surface area contributed by atoms with Gasteiger partial charge in [0.2, 0.25) is 5.91 Å². The maximum atomic E-state index is 13.1. The molecule has 2 aromatic heterocycles. The molecule has 0 bridgehead atoms.